The lowest BCUT2D eigenvalue weighted by molar-refractivity contribution is 0.920. The van der Waals surface area contributed by atoms with Gasteiger partial charge in [-0.05, 0) is 39.7 Å². The van der Waals surface area contributed by atoms with Crippen LogP contribution in [0.25, 0.3) is 0 Å². The van der Waals surface area contributed by atoms with E-state index >= 15 is 0 Å². The lowest BCUT2D eigenvalue weighted by Crippen LogP contribution is -1.99. The van der Waals surface area contributed by atoms with Gasteiger partial charge in [-0.2, -0.15) is 0 Å². The molecule has 1 N–H and O–H groups in total. The van der Waals surface area contributed by atoms with Crippen molar-refractivity contribution in [1.82, 2.24) is 4.57 Å². The summed E-state index contributed by atoms with van der Waals surface area (Å²) in [5, 5.41) is 4.06. The summed E-state index contributed by atoms with van der Waals surface area (Å²) in [5.74, 6) is 0. The molecule has 0 aliphatic rings. The molecule has 0 atom stereocenters. The molecular weight excluding hydrogens is 288 g/mol. The molecule has 0 radical (unpaired) electrons. The molecule has 0 saturated carbocycles. The summed E-state index contributed by atoms with van der Waals surface area (Å²) in [4.78, 5) is 0. The highest BCUT2D eigenvalue weighted by molar-refractivity contribution is 9.10. The average Bonchev–Trinajstić information content (AvgIpc) is 2.67. The first kappa shape index (κ1) is 11.6. The lowest BCUT2D eigenvalue weighted by atomic mass is 10.3. The van der Waals surface area contributed by atoms with Gasteiger partial charge in [-0.1, -0.05) is 17.7 Å². The fraction of sp³-hybridized carbons (Fsp3) is 0.167. The molecule has 0 bridgehead atoms. The number of aromatic nitrogens is 1. The monoisotopic (exact) mass is 298 g/mol. The Labute approximate surface area is 108 Å². The molecule has 2 rings (SSSR count). The van der Waals surface area contributed by atoms with Gasteiger partial charge in [0, 0.05) is 26.0 Å². The van der Waals surface area contributed by atoms with Crippen molar-refractivity contribution in [3.63, 3.8) is 0 Å². The van der Waals surface area contributed by atoms with E-state index in [4.69, 9.17) is 11.6 Å². The Bertz CT molecular complexity index is 494. The van der Waals surface area contributed by atoms with Crippen LogP contribution >= 0.6 is 27.5 Å². The predicted molar refractivity (Wildman–Crippen MR) is 71.9 cm³/mol. The minimum absolute atomic E-state index is 0.720. The normalized spacial score (nSPS) is 10.4. The number of hydrogen-bond donors (Lipinski definition) is 1. The third-order valence-corrected chi connectivity index (χ3v) is 3.73. The molecule has 0 spiro atoms. The maximum absolute atomic E-state index is 6.01. The van der Waals surface area contributed by atoms with E-state index in [0.29, 0.717) is 0 Å². The van der Waals surface area contributed by atoms with E-state index in [1.807, 2.05) is 36.0 Å². The molecule has 2 aromatic rings. The van der Waals surface area contributed by atoms with E-state index in [1.165, 1.54) is 5.56 Å². The molecule has 2 nitrogen and oxygen atoms in total. The summed E-state index contributed by atoms with van der Waals surface area (Å²) in [6, 6.07) is 7.88. The number of nitrogens with one attached hydrogen (secondary N) is 1. The van der Waals surface area contributed by atoms with Crippen molar-refractivity contribution in [3.05, 3.63) is 51.7 Å². The quantitative estimate of drug-likeness (QED) is 0.904. The summed E-state index contributed by atoms with van der Waals surface area (Å²) in [6.45, 7) is 0.791. The molecule has 16 heavy (non-hydrogen) atoms. The molecule has 1 heterocycles. The van der Waals surface area contributed by atoms with Crippen molar-refractivity contribution >= 4 is 33.2 Å². The lowest BCUT2D eigenvalue weighted by Gasteiger charge is -2.08. The van der Waals surface area contributed by atoms with E-state index < -0.39 is 0 Å². The Morgan fingerprint density at radius 3 is 2.88 bits per heavy atom. The van der Waals surface area contributed by atoms with E-state index in [2.05, 4.69) is 33.5 Å². The molecule has 0 amide bonds. The molecule has 4 heteroatoms. The summed E-state index contributed by atoms with van der Waals surface area (Å²) >= 11 is 9.47. The number of hydrogen-bond acceptors (Lipinski definition) is 1. The minimum atomic E-state index is 0.720. The van der Waals surface area contributed by atoms with Gasteiger partial charge in [-0.15, -0.1) is 0 Å². The Kier molecular flexibility index (Phi) is 3.56. The first-order chi connectivity index (χ1) is 7.66. The zero-order chi connectivity index (χ0) is 11.5. The van der Waals surface area contributed by atoms with Crippen LogP contribution in [0.2, 0.25) is 5.02 Å². The second-order valence-electron chi connectivity index (χ2n) is 3.64. The van der Waals surface area contributed by atoms with E-state index in [1.54, 1.807) is 0 Å². The second-order valence-corrected chi connectivity index (χ2v) is 4.84. The Morgan fingerprint density at radius 1 is 1.38 bits per heavy atom. The van der Waals surface area contributed by atoms with Gasteiger partial charge in [0.15, 0.2) is 0 Å². The maximum Gasteiger partial charge on any atom is 0.0593 e. The summed E-state index contributed by atoms with van der Waals surface area (Å²) in [7, 11) is 2.01. The molecule has 1 aromatic carbocycles. The van der Waals surface area contributed by atoms with Crippen molar-refractivity contribution < 1.29 is 0 Å². The highest BCUT2D eigenvalue weighted by Crippen LogP contribution is 2.30. The van der Waals surface area contributed by atoms with E-state index in [-0.39, 0.29) is 0 Å². The van der Waals surface area contributed by atoms with Crippen LogP contribution in [-0.2, 0) is 13.6 Å². The van der Waals surface area contributed by atoms with Crippen LogP contribution in [0.15, 0.2) is 41.1 Å². The van der Waals surface area contributed by atoms with Gasteiger partial charge in [0.1, 0.15) is 0 Å². The van der Waals surface area contributed by atoms with Crippen LogP contribution in [0.3, 0.4) is 0 Å². The van der Waals surface area contributed by atoms with Crippen LogP contribution in [-0.4, -0.2) is 4.57 Å². The number of anilines is 1. The van der Waals surface area contributed by atoms with Gasteiger partial charge < -0.3 is 9.88 Å². The molecule has 0 fully saturated rings. The van der Waals surface area contributed by atoms with Gasteiger partial charge >= 0.3 is 0 Å². The molecular formula is C12H12BrClN2. The standard InChI is InChI=1S/C12H12BrClN2/c1-16-6-5-9(8-16)7-15-11-4-2-3-10(14)12(11)13/h2-6,8,15H,7H2,1H3. The highest BCUT2D eigenvalue weighted by Gasteiger charge is 2.03. The molecule has 0 unspecified atom stereocenters. The van der Waals surface area contributed by atoms with Crippen molar-refractivity contribution in [2.45, 2.75) is 6.54 Å². The summed E-state index contributed by atoms with van der Waals surface area (Å²) in [6.07, 6.45) is 4.12. The fourth-order valence-electron chi connectivity index (χ4n) is 1.50. The largest absolute Gasteiger partial charge is 0.380 e. The van der Waals surface area contributed by atoms with E-state index in [9.17, 15) is 0 Å². The van der Waals surface area contributed by atoms with Crippen LogP contribution in [0.5, 0.6) is 0 Å². The highest BCUT2D eigenvalue weighted by atomic mass is 79.9. The van der Waals surface area contributed by atoms with Gasteiger partial charge in [0.05, 0.1) is 15.2 Å². The zero-order valence-corrected chi connectivity index (χ0v) is 11.2. The predicted octanol–water partition coefficient (Wildman–Crippen LogP) is 4.05. The molecule has 84 valence electrons. The molecule has 0 aliphatic heterocycles. The third-order valence-electron chi connectivity index (χ3n) is 2.33. The first-order valence-electron chi connectivity index (χ1n) is 4.95. The smallest absolute Gasteiger partial charge is 0.0593 e. The molecule has 0 aliphatic carbocycles. The Morgan fingerprint density at radius 2 is 2.19 bits per heavy atom. The van der Waals surface area contributed by atoms with E-state index in [0.717, 1.165) is 21.7 Å². The maximum atomic E-state index is 6.01. The zero-order valence-electron chi connectivity index (χ0n) is 8.87. The number of aryl methyl sites for hydroxylation is 1. The number of nitrogens with zero attached hydrogens (tertiary/aromatic N) is 1. The summed E-state index contributed by atoms with van der Waals surface area (Å²) < 4.78 is 2.94. The van der Waals surface area contributed by atoms with Crippen LogP contribution in [0.4, 0.5) is 5.69 Å². The average molecular weight is 300 g/mol. The number of halogens is 2. The second kappa shape index (κ2) is 4.93. The van der Waals surface area contributed by atoms with Gasteiger partial charge in [0.25, 0.3) is 0 Å². The van der Waals surface area contributed by atoms with Gasteiger partial charge in [-0.25, -0.2) is 0 Å². The van der Waals surface area contributed by atoms with Crippen LogP contribution in [0, 0.1) is 0 Å². The SMILES string of the molecule is Cn1ccc(CNc2cccc(Cl)c2Br)c1. The van der Waals surface area contributed by atoms with Crippen molar-refractivity contribution in [1.29, 1.82) is 0 Å². The topological polar surface area (TPSA) is 17.0 Å². The number of rotatable bonds is 3. The van der Waals surface area contributed by atoms with Gasteiger partial charge in [-0.3, -0.25) is 0 Å². The van der Waals surface area contributed by atoms with Crippen LogP contribution in [0.1, 0.15) is 5.56 Å². The van der Waals surface area contributed by atoms with Crippen molar-refractivity contribution in [3.8, 4) is 0 Å². The first-order valence-corrected chi connectivity index (χ1v) is 6.12. The summed E-state index contributed by atoms with van der Waals surface area (Å²) in [5.41, 5.74) is 2.26. The van der Waals surface area contributed by atoms with Crippen LogP contribution < -0.4 is 5.32 Å². The Hall–Kier alpha value is -0.930. The van der Waals surface area contributed by atoms with Crippen molar-refractivity contribution in [2.24, 2.45) is 7.05 Å². The van der Waals surface area contributed by atoms with Gasteiger partial charge in [0.2, 0.25) is 0 Å². The Balaban J connectivity index is 2.07. The fourth-order valence-corrected chi connectivity index (χ4v) is 2.08. The van der Waals surface area contributed by atoms with Crippen molar-refractivity contribution in [2.75, 3.05) is 5.32 Å². The third kappa shape index (κ3) is 2.60. The molecule has 1 aromatic heterocycles. The minimum Gasteiger partial charge on any atom is -0.380 e. The number of benzene rings is 1. The molecule has 0 saturated heterocycles.